The van der Waals surface area contributed by atoms with Crippen LogP contribution in [0.1, 0.15) is 77.1 Å². The van der Waals surface area contributed by atoms with Gasteiger partial charge in [-0.05, 0) is 48.1 Å². The number of hydrogen-bond donors (Lipinski definition) is 4. The first-order valence-electron chi connectivity index (χ1n) is 15.6. The van der Waals surface area contributed by atoms with Crippen LogP contribution in [-0.4, -0.2) is 62.7 Å². The van der Waals surface area contributed by atoms with Crippen LogP contribution in [0.3, 0.4) is 0 Å². The van der Waals surface area contributed by atoms with E-state index in [1.54, 1.807) is 12.3 Å². The smallest absolute Gasteiger partial charge is 0.326 e. The lowest BCUT2D eigenvalue weighted by molar-refractivity contribution is -0.142. The van der Waals surface area contributed by atoms with Crippen LogP contribution in [0.5, 0.6) is 0 Å². The number of nitrogens with two attached hydrogens (primary N) is 1. The van der Waals surface area contributed by atoms with Crippen LogP contribution >= 0.6 is 0 Å². The molecule has 0 aliphatic carbocycles. The standard InChI is InChI=1S/C35H46F2N4O5/c1-5-6-8-13-29(34(45)46)39-33(44)28(38)16-17-41(31(43)22-42)32(35(2,3)4)30-18-24(26-19-25(36)14-15-27(26)37)21-40(30)20-23-11-9-7-10-12-23/h7,9-12,14-15,18-19,21,28-29,32,42H,5-6,8,13,16-17,20,22,38H2,1-4H3,(H,39,44)(H,45,46)/t28-,29+,32-/m0/s1. The fourth-order valence-corrected chi connectivity index (χ4v) is 5.64. The second kappa shape index (κ2) is 16.5. The van der Waals surface area contributed by atoms with Gasteiger partial charge >= 0.3 is 5.97 Å². The number of benzene rings is 2. The molecular weight excluding hydrogens is 594 g/mol. The van der Waals surface area contributed by atoms with Gasteiger partial charge in [0, 0.05) is 36.1 Å². The Hall–Kier alpha value is -4.09. The maximum Gasteiger partial charge on any atom is 0.326 e. The van der Waals surface area contributed by atoms with Gasteiger partial charge in [-0.15, -0.1) is 0 Å². The van der Waals surface area contributed by atoms with Crippen molar-refractivity contribution in [2.75, 3.05) is 13.2 Å². The molecule has 0 bridgehead atoms. The summed E-state index contributed by atoms with van der Waals surface area (Å²) in [5, 5.41) is 22.1. The van der Waals surface area contributed by atoms with Crippen molar-refractivity contribution >= 4 is 17.8 Å². The average molecular weight is 641 g/mol. The number of nitrogens with zero attached hydrogens (tertiary/aromatic N) is 2. The number of aromatic nitrogens is 1. The van der Waals surface area contributed by atoms with Gasteiger partial charge in [-0.2, -0.15) is 0 Å². The number of nitrogens with one attached hydrogen (secondary N) is 1. The van der Waals surface area contributed by atoms with Crippen molar-refractivity contribution in [2.45, 2.75) is 84.5 Å². The minimum absolute atomic E-state index is 0.0176. The number of aliphatic hydroxyl groups excluding tert-OH is 1. The van der Waals surface area contributed by atoms with E-state index in [0.717, 1.165) is 36.6 Å². The lowest BCUT2D eigenvalue weighted by Crippen LogP contribution is -2.50. The maximum atomic E-state index is 14.9. The van der Waals surface area contributed by atoms with E-state index in [1.807, 2.05) is 62.6 Å². The molecule has 0 saturated carbocycles. The van der Waals surface area contributed by atoms with E-state index in [4.69, 9.17) is 5.73 Å². The zero-order valence-electron chi connectivity index (χ0n) is 27.0. The van der Waals surface area contributed by atoms with E-state index in [2.05, 4.69) is 5.32 Å². The van der Waals surface area contributed by atoms with E-state index in [-0.39, 0.29) is 24.9 Å². The predicted octanol–water partition coefficient (Wildman–Crippen LogP) is 5.26. The highest BCUT2D eigenvalue weighted by atomic mass is 19.1. The third kappa shape index (κ3) is 9.70. The van der Waals surface area contributed by atoms with Crippen molar-refractivity contribution in [3.63, 3.8) is 0 Å². The number of unbranched alkanes of at least 4 members (excludes halogenated alkanes) is 2. The summed E-state index contributed by atoms with van der Waals surface area (Å²) in [4.78, 5) is 39.5. The van der Waals surface area contributed by atoms with Crippen molar-refractivity contribution in [3.8, 4) is 11.1 Å². The molecule has 0 radical (unpaired) electrons. The summed E-state index contributed by atoms with van der Waals surface area (Å²) in [6.45, 7) is 7.25. The highest BCUT2D eigenvalue weighted by Crippen LogP contribution is 2.41. The van der Waals surface area contributed by atoms with Crippen molar-refractivity contribution in [3.05, 3.63) is 83.7 Å². The topological polar surface area (TPSA) is 138 Å². The molecule has 0 unspecified atom stereocenters. The average Bonchev–Trinajstić information content (AvgIpc) is 3.41. The number of halogens is 2. The minimum Gasteiger partial charge on any atom is -0.480 e. The Morgan fingerprint density at radius 3 is 2.33 bits per heavy atom. The highest BCUT2D eigenvalue weighted by Gasteiger charge is 2.37. The van der Waals surface area contributed by atoms with E-state index >= 15 is 0 Å². The fraction of sp³-hybridized carbons (Fsp3) is 0.457. The summed E-state index contributed by atoms with van der Waals surface area (Å²) in [5.74, 6) is -3.61. The molecule has 0 fully saturated rings. The predicted molar refractivity (Wildman–Crippen MR) is 173 cm³/mol. The van der Waals surface area contributed by atoms with Crippen molar-refractivity contribution in [1.82, 2.24) is 14.8 Å². The van der Waals surface area contributed by atoms with Crippen LogP contribution in [-0.2, 0) is 20.9 Å². The molecule has 3 aromatic rings. The largest absolute Gasteiger partial charge is 0.480 e. The number of aliphatic carboxylic acids is 1. The minimum atomic E-state index is -1.15. The second-order valence-electron chi connectivity index (χ2n) is 12.7. The number of aliphatic hydroxyl groups is 1. The molecule has 250 valence electrons. The molecular formula is C35H46F2N4O5. The third-order valence-corrected chi connectivity index (χ3v) is 7.96. The Balaban J connectivity index is 2.00. The molecule has 1 aromatic heterocycles. The Morgan fingerprint density at radius 1 is 1.02 bits per heavy atom. The summed E-state index contributed by atoms with van der Waals surface area (Å²) in [7, 11) is 0. The third-order valence-electron chi connectivity index (χ3n) is 7.96. The molecule has 9 nitrogen and oxygen atoms in total. The first kappa shape index (κ1) is 36.4. The SMILES string of the molecule is CCCCC[C@@H](NC(=O)[C@@H](N)CCN(C(=O)CO)[C@@H](c1cc(-c2cc(F)ccc2F)cn1Cc1ccccc1)C(C)(C)C)C(=O)O. The van der Waals surface area contributed by atoms with E-state index in [9.17, 15) is 33.4 Å². The molecule has 0 aliphatic rings. The van der Waals surface area contributed by atoms with Crippen LogP contribution in [0.2, 0.25) is 0 Å². The zero-order chi connectivity index (χ0) is 34.0. The van der Waals surface area contributed by atoms with E-state index in [0.29, 0.717) is 24.2 Å². The van der Waals surface area contributed by atoms with Crippen molar-refractivity contribution in [2.24, 2.45) is 11.1 Å². The maximum absolute atomic E-state index is 14.9. The zero-order valence-corrected chi connectivity index (χ0v) is 27.0. The Morgan fingerprint density at radius 2 is 1.72 bits per heavy atom. The molecule has 1 heterocycles. The van der Waals surface area contributed by atoms with Crippen LogP contribution in [0.25, 0.3) is 11.1 Å². The number of carboxylic acid groups (broad SMARTS) is 1. The molecule has 3 atom stereocenters. The summed E-state index contributed by atoms with van der Waals surface area (Å²) >= 11 is 0. The number of carbonyl (C=O) groups excluding carboxylic acids is 2. The van der Waals surface area contributed by atoms with Crippen LogP contribution in [0.15, 0.2) is 60.8 Å². The van der Waals surface area contributed by atoms with Gasteiger partial charge in [0.1, 0.15) is 24.3 Å². The fourth-order valence-electron chi connectivity index (χ4n) is 5.64. The van der Waals surface area contributed by atoms with Gasteiger partial charge < -0.3 is 30.7 Å². The quantitative estimate of drug-likeness (QED) is 0.158. The molecule has 3 rings (SSSR count). The van der Waals surface area contributed by atoms with Crippen molar-refractivity contribution in [1.29, 1.82) is 0 Å². The second-order valence-corrected chi connectivity index (χ2v) is 12.7. The number of amides is 2. The Bertz CT molecular complexity index is 1470. The molecule has 0 spiro atoms. The monoisotopic (exact) mass is 640 g/mol. The van der Waals surface area contributed by atoms with Crippen LogP contribution in [0.4, 0.5) is 8.78 Å². The normalized spacial score (nSPS) is 13.6. The van der Waals surface area contributed by atoms with Gasteiger partial charge in [-0.25, -0.2) is 13.6 Å². The molecule has 0 aliphatic heterocycles. The van der Waals surface area contributed by atoms with Gasteiger partial charge in [0.05, 0.1) is 12.1 Å². The van der Waals surface area contributed by atoms with Crippen molar-refractivity contribution < 1.29 is 33.4 Å². The van der Waals surface area contributed by atoms with Gasteiger partial charge in [-0.1, -0.05) is 77.3 Å². The highest BCUT2D eigenvalue weighted by molar-refractivity contribution is 5.86. The Kier molecular flexibility index (Phi) is 13.0. The summed E-state index contributed by atoms with van der Waals surface area (Å²) in [5.41, 5.74) is 7.58. The molecule has 5 N–H and O–H groups in total. The molecule has 2 aromatic carbocycles. The van der Waals surface area contributed by atoms with Crippen LogP contribution < -0.4 is 11.1 Å². The summed E-state index contributed by atoms with van der Waals surface area (Å²) < 4.78 is 31.1. The van der Waals surface area contributed by atoms with Gasteiger partial charge in [0.15, 0.2) is 0 Å². The number of rotatable bonds is 16. The van der Waals surface area contributed by atoms with Gasteiger partial charge in [-0.3, -0.25) is 9.59 Å². The molecule has 46 heavy (non-hydrogen) atoms. The first-order valence-corrected chi connectivity index (χ1v) is 15.6. The lowest BCUT2D eigenvalue weighted by atomic mass is 9.82. The molecule has 2 amide bonds. The lowest BCUT2D eigenvalue weighted by Gasteiger charge is -2.41. The molecule has 0 saturated heterocycles. The Labute approximate surface area is 269 Å². The van der Waals surface area contributed by atoms with Gasteiger partial charge in [0.2, 0.25) is 11.8 Å². The number of carboxylic acids is 1. The number of hydrogen-bond acceptors (Lipinski definition) is 5. The van der Waals surface area contributed by atoms with Crippen LogP contribution in [0, 0.1) is 17.0 Å². The summed E-state index contributed by atoms with van der Waals surface area (Å²) in [6, 6.07) is 11.6. The summed E-state index contributed by atoms with van der Waals surface area (Å²) in [6.07, 6.45) is 4.34. The number of carbonyl (C=O) groups is 3. The molecule has 11 heteroatoms. The first-order chi connectivity index (χ1) is 21.8. The van der Waals surface area contributed by atoms with Gasteiger partial charge in [0.25, 0.3) is 0 Å². The van der Waals surface area contributed by atoms with E-state index < -0.39 is 59.6 Å². The van der Waals surface area contributed by atoms with E-state index in [1.165, 1.54) is 4.90 Å².